The van der Waals surface area contributed by atoms with E-state index < -0.39 is 16.6 Å². The van der Waals surface area contributed by atoms with Crippen molar-refractivity contribution in [3.05, 3.63) is 35.5 Å². The van der Waals surface area contributed by atoms with Gasteiger partial charge in [-0.05, 0) is 57.5 Å². The lowest BCUT2D eigenvalue weighted by Gasteiger charge is -2.26. The van der Waals surface area contributed by atoms with E-state index in [-0.39, 0.29) is 6.04 Å². The lowest BCUT2D eigenvalue weighted by molar-refractivity contribution is 0.0383. The van der Waals surface area contributed by atoms with E-state index in [1.807, 2.05) is 36.1 Å². The number of pyridine rings is 1. The first-order valence-electron chi connectivity index (χ1n) is 8.90. The predicted octanol–water partition coefficient (Wildman–Crippen LogP) is 3.96. The van der Waals surface area contributed by atoms with Gasteiger partial charge in [-0.1, -0.05) is 18.5 Å². The number of fused-ring (bicyclic) bond motifs is 1. The first kappa shape index (κ1) is 21.8. The molecule has 1 aromatic heterocycles. The summed E-state index contributed by atoms with van der Waals surface area (Å²) >= 11 is 6.03. The van der Waals surface area contributed by atoms with Gasteiger partial charge in [0.15, 0.2) is 0 Å². The molecule has 2 atom stereocenters. The van der Waals surface area contributed by atoms with Crippen molar-refractivity contribution >= 4 is 38.6 Å². The normalized spacial score (nSPS) is 14.4. The van der Waals surface area contributed by atoms with Crippen molar-refractivity contribution in [3.8, 4) is 0 Å². The fourth-order valence-electron chi connectivity index (χ4n) is 3.02. The van der Waals surface area contributed by atoms with Gasteiger partial charge in [-0.2, -0.15) is 8.42 Å². The van der Waals surface area contributed by atoms with Crippen LogP contribution in [0.5, 0.6) is 0 Å². The summed E-state index contributed by atoms with van der Waals surface area (Å²) in [5, 5.41) is 5.16. The van der Waals surface area contributed by atoms with Gasteiger partial charge in [-0.25, -0.2) is 4.18 Å². The first-order valence-corrected chi connectivity index (χ1v) is 10.6. The fraction of sp³-hybridized carbons (Fsp3) is 0.500. The Morgan fingerprint density at radius 3 is 2.74 bits per heavy atom. The Morgan fingerprint density at radius 1 is 1.33 bits per heavy atom. The number of nitrogens with zero attached hydrogens (tertiary/aromatic N) is 2. The molecule has 2 N–H and O–H groups in total. The van der Waals surface area contributed by atoms with Gasteiger partial charge in [-0.3, -0.25) is 14.4 Å². The van der Waals surface area contributed by atoms with Crippen LogP contribution in [0.3, 0.4) is 0 Å². The standard InChI is InChI=1S/C18H26ClN3O4S/c1-4-22(14(3)26-27(23,24)25)11-5-6-13(2)21-17-9-10-20-18-12-15(19)7-8-16(17)18/h7-10,12-14H,4-6,11H2,1-3H3,(H,20,21)(H,23,24,25). The van der Waals surface area contributed by atoms with E-state index >= 15 is 0 Å². The van der Waals surface area contributed by atoms with Gasteiger partial charge in [0.05, 0.1) is 5.52 Å². The minimum atomic E-state index is -4.45. The van der Waals surface area contributed by atoms with E-state index in [2.05, 4.69) is 21.4 Å². The number of anilines is 1. The van der Waals surface area contributed by atoms with E-state index in [1.165, 1.54) is 0 Å². The maximum atomic E-state index is 10.9. The van der Waals surface area contributed by atoms with Gasteiger partial charge in [0.25, 0.3) is 0 Å². The molecule has 0 aliphatic rings. The van der Waals surface area contributed by atoms with Crippen molar-refractivity contribution in [2.75, 3.05) is 18.4 Å². The molecule has 150 valence electrons. The molecule has 0 aliphatic carbocycles. The zero-order chi connectivity index (χ0) is 20.0. The van der Waals surface area contributed by atoms with E-state index in [0.29, 0.717) is 18.1 Å². The van der Waals surface area contributed by atoms with E-state index in [1.54, 1.807) is 13.1 Å². The molecular weight excluding hydrogens is 390 g/mol. The molecule has 1 aromatic carbocycles. The molecule has 7 nitrogen and oxygen atoms in total. The quantitative estimate of drug-likeness (QED) is 0.448. The zero-order valence-electron chi connectivity index (χ0n) is 15.7. The molecule has 9 heteroatoms. The minimum absolute atomic E-state index is 0.211. The molecule has 1 heterocycles. The van der Waals surface area contributed by atoms with Crippen LogP contribution in [0.4, 0.5) is 5.69 Å². The number of halogens is 1. The third-order valence-corrected chi connectivity index (χ3v) is 5.13. The Balaban J connectivity index is 1.90. The van der Waals surface area contributed by atoms with Gasteiger partial charge in [-0.15, -0.1) is 0 Å². The Hall–Kier alpha value is -1.45. The molecule has 27 heavy (non-hydrogen) atoms. The average molecular weight is 416 g/mol. The Bertz CT molecular complexity index is 863. The van der Waals surface area contributed by atoms with Crippen molar-refractivity contribution in [1.82, 2.24) is 9.88 Å². The largest absolute Gasteiger partial charge is 0.398 e. The number of aromatic nitrogens is 1. The summed E-state index contributed by atoms with van der Waals surface area (Å²) < 4.78 is 35.2. The Kier molecular flexibility index (Phi) is 7.81. The lowest BCUT2D eigenvalue weighted by Crippen LogP contribution is -2.37. The number of benzene rings is 1. The monoisotopic (exact) mass is 415 g/mol. The summed E-state index contributed by atoms with van der Waals surface area (Å²) in [7, 11) is -4.45. The number of nitrogens with one attached hydrogen (secondary N) is 1. The summed E-state index contributed by atoms with van der Waals surface area (Å²) in [5.41, 5.74) is 1.84. The summed E-state index contributed by atoms with van der Waals surface area (Å²) in [6.07, 6.45) is 2.77. The van der Waals surface area contributed by atoms with Crippen molar-refractivity contribution < 1.29 is 17.2 Å². The summed E-state index contributed by atoms with van der Waals surface area (Å²) in [5.74, 6) is 0. The van der Waals surface area contributed by atoms with Crippen LogP contribution >= 0.6 is 11.6 Å². The number of rotatable bonds is 10. The van der Waals surface area contributed by atoms with Gasteiger partial charge in [0, 0.05) is 34.9 Å². The average Bonchev–Trinajstić information content (AvgIpc) is 2.57. The van der Waals surface area contributed by atoms with E-state index in [4.69, 9.17) is 16.2 Å². The molecular formula is C18H26ClN3O4S. The van der Waals surface area contributed by atoms with Crippen LogP contribution in [-0.4, -0.2) is 48.2 Å². The molecule has 0 bridgehead atoms. The summed E-state index contributed by atoms with van der Waals surface area (Å²) in [4.78, 5) is 6.19. The molecule has 0 aliphatic heterocycles. The van der Waals surface area contributed by atoms with Crippen LogP contribution in [0, 0.1) is 0 Å². The van der Waals surface area contributed by atoms with Crippen molar-refractivity contribution in [3.63, 3.8) is 0 Å². The maximum Gasteiger partial charge on any atom is 0.398 e. The topological polar surface area (TPSA) is 91.8 Å². The predicted molar refractivity (Wildman–Crippen MR) is 108 cm³/mol. The van der Waals surface area contributed by atoms with Crippen molar-refractivity contribution in [2.45, 2.75) is 45.9 Å². The van der Waals surface area contributed by atoms with Crippen LogP contribution in [0.1, 0.15) is 33.6 Å². The highest BCUT2D eigenvalue weighted by atomic mass is 35.5. The van der Waals surface area contributed by atoms with Crippen molar-refractivity contribution in [1.29, 1.82) is 0 Å². The lowest BCUT2D eigenvalue weighted by atomic mass is 10.1. The Labute approximate surface area is 165 Å². The molecule has 0 fully saturated rings. The molecule has 2 aromatic rings. The second kappa shape index (κ2) is 9.66. The highest BCUT2D eigenvalue weighted by molar-refractivity contribution is 7.80. The molecule has 2 rings (SSSR count). The smallest absolute Gasteiger partial charge is 0.382 e. The highest BCUT2D eigenvalue weighted by Crippen LogP contribution is 2.25. The molecule has 0 amide bonds. The molecule has 2 unspecified atom stereocenters. The molecule has 0 saturated carbocycles. The summed E-state index contributed by atoms with van der Waals surface area (Å²) in [6.45, 7) is 6.89. The van der Waals surface area contributed by atoms with Crippen molar-refractivity contribution in [2.24, 2.45) is 0 Å². The SMILES string of the molecule is CCN(CCCC(C)Nc1ccnc2cc(Cl)ccc12)C(C)OS(=O)(=O)O. The second-order valence-electron chi connectivity index (χ2n) is 6.46. The van der Waals surface area contributed by atoms with Crippen LogP contribution in [0.25, 0.3) is 10.9 Å². The zero-order valence-corrected chi connectivity index (χ0v) is 17.3. The molecule has 0 radical (unpaired) electrons. The maximum absolute atomic E-state index is 10.9. The van der Waals surface area contributed by atoms with E-state index in [0.717, 1.165) is 29.4 Å². The Morgan fingerprint density at radius 2 is 2.07 bits per heavy atom. The fourth-order valence-corrected chi connectivity index (χ4v) is 3.66. The van der Waals surface area contributed by atoms with Gasteiger partial charge in [0.1, 0.15) is 6.23 Å². The molecule has 0 saturated heterocycles. The third kappa shape index (κ3) is 6.90. The van der Waals surface area contributed by atoms with Crippen LogP contribution < -0.4 is 5.32 Å². The first-order chi connectivity index (χ1) is 12.7. The van der Waals surface area contributed by atoms with E-state index in [9.17, 15) is 8.42 Å². The summed E-state index contributed by atoms with van der Waals surface area (Å²) in [6, 6.07) is 7.78. The number of hydrogen-bond donors (Lipinski definition) is 2. The highest BCUT2D eigenvalue weighted by Gasteiger charge is 2.18. The second-order valence-corrected chi connectivity index (χ2v) is 7.94. The minimum Gasteiger partial charge on any atom is -0.382 e. The number of hydrogen-bond acceptors (Lipinski definition) is 6. The van der Waals surface area contributed by atoms with Crippen LogP contribution in [0.2, 0.25) is 5.02 Å². The van der Waals surface area contributed by atoms with Gasteiger partial charge in [0.2, 0.25) is 0 Å². The van der Waals surface area contributed by atoms with Gasteiger partial charge < -0.3 is 5.32 Å². The van der Waals surface area contributed by atoms with Gasteiger partial charge >= 0.3 is 10.4 Å². The van der Waals surface area contributed by atoms with Crippen LogP contribution in [0.15, 0.2) is 30.5 Å². The third-order valence-electron chi connectivity index (χ3n) is 4.37. The van der Waals surface area contributed by atoms with Crippen LogP contribution in [-0.2, 0) is 14.6 Å². The molecule has 0 spiro atoms.